The molecule has 0 aromatic rings. The van der Waals surface area contributed by atoms with Crippen LogP contribution >= 0.6 is 11.6 Å². The quantitative estimate of drug-likeness (QED) is 0.203. The molecule has 146 valence electrons. The van der Waals surface area contributed by atoms with Gasteiger partial charge >= 0.3 is 11.9 Å². The van der Waals surface area contributed by atoms with Crippen LogP contribution in [0.5, 0.6) is 0 Å². The van der Waals surface area contributed by atoms with Crippen molar-refractivity contribution in [2.24, 2.45) is 0 Å². The molecule has 0 aliphatic rings. The zero-order valence-electron chi connectivity index (χ0n) is 15.4. The Balaban J connectivity index is -0.000000445. The van der Waals surface area contributed by atoms with Gasteiger partial charge in [0.2, 0.25) is 0 Å². The highest BCUT2D eigenvalue weighted by Crippen LogP contribution is 1.92. The number of halogens is 1. The highest BCUT2D eigenvalue weighted by Gasteiger charge is 2.00. The van der Waals surface area contributed by atoms with Crippen LogP contribution in [0.1, 0.15) is 46.5 Å². The third kappa shape index (κ3) is 34.5. The number of aliphatic hydroxyl groups is 1. The molecule has 0 aromatic heterocycles. The van der Waals surface area contributed by atoms with E-state index >= 15 is 0 Å². The van der Waals surface area contributed by atoms with Crippen molar-refractivity contribution in [1.82, 2.24) is 0 Å². The molecule has 0 saturated carbocycles. The van der Waals surface area contributed by atoms with Crippen molar-refractivity contribution < 1.29 is 28.9 Å². The molecule has 0 bridgehead atoms. The molecule has 25 heavy (non-hydrogen) atoms. The maximum atomic E-state index is 11.0. The number of hydrogen-bond acceptors (Lipinski definition) is 6. The minimum atomic E-state index is -0.720. The van der Waals surface area contributed by atoms with Gasteiger partial charge in [-0.05, 0) is 25.3 Å². The van der Waals surface area contributed by atoms with Gasteiger partial charge in [-0.2, -0.15) is 0 Å². The molecule has 0 fully saturated rings. The minimum absolute atomic E-state index is 0.393. The summed E-state index contributed by atoms with van der Waals surface area (Å²) in [4.78, 5) is 22.1. The zero-order chi connectivity index (χ0) is 19.9. The van der Waals surface area contributed by atoms with Crippen molar-refractivity contribution in [2.45, 2.75) is 52.7 Å². The van der Waals surface area contributed by atoms with Crippen LogP contribution in [0.25, 0.3) is 0 Å². The molecule has 1 unspecified atom stereocenters. The van der Waals surface area contributed by atoms with Gasteiger partial charge < -0.3 is 19.3 Å². The first-order valence-electron chi connectivity index (χ1n) is 8.06. The van der Waals surface area contributed by atoms with Gasteiger partial charge in [0.05, 0.1) is 19.5 Å². The van der Waals surface area contributed by atoms with E-state index in [-0.39, 0.29) is 0 Å². The number of esters is 2. The molecule has 0 rings (SSSR count). The van der Waals surface area contributed by atoms with Crippen molar-refractivity contribution in [3.63, 3.8) is 0 Å². The number of hydrogen-bond donors (Lipinski definition) is 1. The van der Waals surface area contributed by atoms with Crippen molar-refractivity contribution in [2.75, 3.05) is 13.2 Å². The minimum Gasteiger partial charge on any atom is -0.474 e. The first kappa shape index (κ1) is 28.0. The molecule has 0 radical (unpaired) electrons. The van der Waals surface area contributed by atoms with Gasteiger partial charge in [-0.25, -0.2) is 9.59 Å². The van der Waals surface area contributed by atoms with E-state index in [0.29, 0.717) is 13.2 Å². The van der Waals surface area contributed by atoms with Crippen LogP contribution in [-0.4, -0.2) is 36.5 Å². The number of unbranched alkanes of at least 4 members (excludes halogenated alkanes) is 2. The average Bonchev–Trinajstić information content (AvgIpc) is 2.55. The third-order valence-corrected chi connectivity index (χ3v) is 2.13. The smallest absolute Gasteiger partial charge is 0.331 e. The van der Waals surface area contributed by atoms with Crippen LogP contribution in [0, 0.1) is 0 Å². The molecule has 0 amide bonds. The maximum absolute atomic E-state index is 11.0. The molecule has 0 saturated heterocycles. The van der Waals surface area contributed by atoms with E-state index in [0.717, 1.165) is 37.8 Å². The van der Waals surface area contributed by atoms with Crippen molar-refractivity contribution in [3.8, 4) is 0 Å². The standard InChI is InChI=1S/C12H20O4.C4H8O2.C2H3Cl/c1-3-5-9-15-11(13)7-8-12(14)16-10-6-4-2;1-3-6-4(2)5;1-2-3/h7-8H,3-6,9-10H2,1-2H3;3-5H,1H2,2H3;2H,1H2. The fraction of sp³-hybridized carbons (Fsp3) is 0.556. The van der Waals surface area contributed by atoms with Crippen molar-refractivity contribution in [1.29, 1.82) is 0 Å². The van der Waals surface area contributed by atoms with Crippen LogP contribution < -0.4 is 0 Å². The molecule has 0 spiro atoms. The summed E-state index contributed by atoms with van der Waals surface area (Å²) in [7, 11) is 0. The molecular weight excluding hydrogens is 348 g/mol. The number of carbonyl (C=O) groups excluding carboxylic acids is 2. The highest BCUT2D eigenvalue weighted by molar-refractivity contribution is 6.25. The predicted octanol–water partition coefficient (Wildman–Crippen LogP) is 4.08. The van der Waals surface area contributed by atoms with Crippen molar-refractivity contribution >= 4 is 23.5 Å². The zero-order valence-corrected chi connectivity index (χ0v) is 16.2. The third-order valence-electron chi connectivity index (χ3n) is 2.13. The SMILES string of the molecule is C=CCl.C=COC(C)O.CCCCOC(=O)C=CC(=O)OCCCC. The molecule has 6 nitrogen and oxygen atoms in total. The summed E-state index contributed by atoms with van der Waals surface area (Å²) in [5, 5.41) is 8.26. The summed E-state index contributed by atoms with van der Waals surface area (Å²) < 4.78 is 14.0. The molecule has 7 heteroatoms. The van der Waals surface area contributed by atoms with E-state index in [1.54, 1.807) is 0 Å². The molecule has 0 aliphatic heterocycles. The molecule has 0 aliphatic carbocycles. The van der Waals surface area contributed by atoms with E-state index in [1.807, 2.05) is 13.8 Å². The Bertz CT molecular complexity index is 343. The van der Waals surface area contributed by atoms with Crippen LogP contribution in [0.4, 0.5) is 0 Å². The Morgan fingerprint density at radius 1 is 1.04 bits per heavy atom. The lowest BCUT2D eigenvalue weighted by Gasteiger charge is -2.00. The number of carbonyl (C=O) groups is 2. The van der Waals surface area contributed by atoms with E-state index in [9.17, 15) is 9.59 Å². The fourth-order valence-electron chi connectivity index (χ4n) is 1.01. The van der Waals surface area contributed by atoms with Crippen LogP contribution in [-0.2, 0) is 23.8 Å². The van der Waals surface area contributed by atoms with E-state index in [1.165, 1.54) is 18.7 Å². The summed E-state index contributed by atoms with van der Waals surface area (Å²) in [6.07, 6.45) is 6.29. The fourth-order valence-corrected chi connectivity index (χ4v) is 1.01. The Kier molecular flexibility index (Phi) is 27.4. The van der Waals surface area contributed by atoms with Gasteiger partial charge in [-0.3, -0.25) is 0 Å². The van der Waals surface area contributed by atoms with E-state index in [4.69, 9.17) is 26.2 Å². The number of rotatable bonds is 10. The van der Waals surface area contributed by atoms with Crippen molar-refractivity contribution in [3.05, 3.63) is 37.1 Å². The van der Waals surface area contributed by atoms with Gasteiger partial charge in [0.15, 0.2) is 6.29 Å². The second-order valence-electron chi connectivity index (χ2n) is 4.43. The van der Waals surface area contributed by atoms with E-state index < -0.39 is 18.2 Å². The van der Waals surface area contributed by atoms with Gasteiger partial charge in [-0.15, -0.1) is 0 Å². The summed E-state index contributed by atoms with van der Waals surface area (Å²) >= 11 is 4.76. The number of ether oxygens (including phenoxy) is 3. The maximum Gasteiger partial charge on any atom is 0.331 e. The lowest BCUT2D eigenvalue weighted by atomic mass is 10.4. The average molecular weight is 379 g/mol. The van der Waals surface area contributed by atoms with E-state index in [2.05, 4.69) is 17.9 Å². The predicted molar refractivity (Wildman–Crippen MR) is 99.9 cm³/mol. The Labute approximate surface area is 156 Å². The van der Waals surface area contributed by atoms with Gasteiger partial charge in [0.25, 0.3) is 0 Å². The Morgan fingerprint density at radius 2 is 1.40 bits per heavy atom. The van der Waals surface area contributed by atoms with Crippen LogP contribution in [0.3, 0.4) is 0 Å². The molecule has 1 N–H and O–H groups in total. The normalized spacial score (nSPS) is 10.3. The van der Waals surface area contributed by atoms with Crippen LogP contribution in [0.2, 0.25) is 0 Å². The summed E-state index contributed by atoms with van der Waals surface area (Å²) in [6.45, 7) is 12.7. The monoisotopic (exact) mass is 378 g/mol. The molecule has 1 atom stereocenters. The van der Waals surface area contributed by atoms with Gasteiger partial charge in [0, 0.05) is 12.2 Å². The second kappa shape index (κ2) is 24.5. The number of aliphatic hydroxyl groups excluding tert-OH is 1. The summed E-state index contributed by atoms with van der Waals surface area (Å²) in [5.74, 6) is -0.998. The van der Waals surface area contributed by atoms with Crippen LogP contribution in [0.15, 0.2) is 37.1 Å². The molecule has 0 heterocycles. The highest BCUT2D eigenvalue weighted by atomic mass is 35.5. The Hall–Kier alpha value is -1.79. The Morgan fingerprint density at radius 3 is 1.60 bits per heavy atom. The lowest BCUT2D eigenvalue weighted by Crippen LogP contribution is -2.05. The second-order valence-corrected chi connectivity index (χ2v) is 4.74. The first-order valence-corrected chi connectivity index (χ1v) is 8.50. The first-order chi connectivity index (χ1) is 11.9. The molecular formula is C18H31ClO6. The van der Waals surface area contributed by atoms with Gasteiger partial charge in [0.1, 0.15) is 0 Å². The molecule has 0 aromatic carbocycles. The van der Waals surface area contributed by atoms with Gasteiger partial charge in [-0.1, -0.05) is 51.4 Å². The summed E-state index contributed by atoms with van der Waals surface area (Å²) in [5.41, 5.74) is 1.22. The largest absolute Gasteiger partial charge is 0.474 e. The topological polar surface area (TPSA) is 82.1 Å². The lowest BCUT2D eigenvalue weighted by molar-refractivity contribution is -0.140. The summed E-state index contributed by atoms with van der Waals surface area (Å²) in [6, 6.07) is 0.